The summed E-state index contributed by atoms with van der Waals surface area (Å²) in [5.74, 6) is -0.265. The number of amides is 1. The SMILES string of the molecule is Cc1ccc(C)c(S(=O)(=O)N2CCN(C(C)C(=O)Nc3ccc(S(N)(=O)=O)cc3)CC2)c1. The molecule has 0 aromatic heterocycles. The van der Waals surface area contributed by atoms with E-state index in [-0.39, 0.29) is 23.9 Å². The van der Waals surface area contributed by atoms with Crippen molar-refractivity contribution < 1.29 is 21.6 Å². The van der Waals surface area contributed by atoms with Crippen LogP contribution in [0, 0.1) is 13.8 Å². The van der Waals surface area contributed by atoms with Crippen LogP contribution >= 0.6 is 0 Å². The minimum Gasteiger partial charge on any atom is -0.325 e. The minimum absolute atomic E-state index is 0.0373. The lowest BCUT2D eigenvalue weighted by Gasteiger charge is -2.37. The molecule has 3 N–H and O–H groups in total. The van der Waals surface area contributed by atoms with Gasteiger partial charge >= 0.3 is 0 Å². The Morgan fingerprint density at radius 3 is 2.12 bits per heavy atom. The van der Waals surface area contributed by atoms with Gasteiger partial charge in [-0.3, -0.25) is 9.69 Å². The first-order valence-electron chi connectivity index (χ1n) is 10.1. The molecule has 0 radical (unpaired) electrons. The van der Waals surface area contributed by atoms with Crippen LogP contribution in [0.5, 0.6) is 0 Å². The van der Waals surface area contributed by atoms with Crippen LogP contribution in [-0.2, 0) is 24.8 Å². The highest BCUT2D eigenvalue weighted by Gasteiger charge is 2.32. The molecule has 11 heteroatoms. The smallest absolute Gasteiger partial charge is 0.243 e. The number of rotatable bonds is 6. The van der Waals surface area contributed by atoms with Crippen molar-refractivity contribution in [3.05, 3.63) is 53.6 Å². The van der Waals surface area contributed by atoms with Crippen molar-refractivity contribution in [1.29, 1.82) is 0 Å². The second-order valence-corrected chi connectivity index (χ2v) is 11.4. The maximum Gasteiger partial charge on any atom is 0.243 e. The van der Waals surface area contributed by atoms with Gasteiger partial charge in [0, 0.05) is 31.9 Å². The Bertz CT molecular complexity index is 1200. The van der Waals surface area contributed by atoms with Crippen LogP contribution in [-0.4, -0.2) is 64.2 Å². The van der Waals surface area contributed by atoms with Gasteiger partial charge in [-0.1, -0.05) is 12.1 Å². The van der Waals surface area contributed by atoms with Gasteiger partial charge in [0.1, 0.15) is 0 Å². The van der Waals surface area contributed by atoms with E-state index in [9.17, 15) is 21.6 Å². The van der Waals surface area contributed by atoms with Gasteiger partial charge in [-0.05, 0) is 62.2 Å². The Kier molecular flexibility index (Phi) is 7.06. The van der Waals surface area contributed by atoms with Crippen molar-refractivity contribution in [2.45, 2.75) is 36.6 Å². The van der Waals surface area contributed by atoms with Crippen molar-refractivity contribution in [1.82, 2.24) is 9.21 Å². The van der Waals surface area contributed by atoms with E-state index >= 15 is 0 Å². The molecule has 0 bridgehead atoms. The number of nitrogens with one attached hydrogen (secondary N) is 1. The number of hydrogen-bond acceptors (Lipinski definition) is 6. The van der Waals surface area contributed by atoms with Gasteiger partial charge in [-0.2, -0.15) is 4.31 Å². The lowest BCUT2D eigenvalue weighted by molar-refractivity contribution is -0.121. The van der Waals surface area contributed by atoms with E-state index in [2.05, 4.69) is 5.32 Å². The largest absolute Gasteiger partial charge is 0.325 e. The van der Waals surface area contributed by atoms with Crippen LogP contribution in [0.2, 0.25) is 0 Å². The highest BCUT2D eigenvalue weighted by molar-refractivity contribution is 7.89. The predicted octanol–water partition coefficient (Wildman–Crippen LogP) is 1.28. The Morgan fingerprint density at radius 1 is 0.969 bits per heavy atom. The van der Waals surface area contributed by atoms with E-state index in [4.69, 9.17) is 5.14 Å². The maximum atomic E-state index is 13.1. The number of nitrogens with two attached hydrogens (primary N) is 1. The first-order valence-corrected chi connectivity index (χ1v) is 13.1. The fourth-order valence-electron chi connectivity index (χ4n) is 3.60. The molecule has 1 saturated heterocycles. The number of carbonyl (C=O) groups is 1. The monoisotopic (exact) mass is 480 g/mol. The molecule has 0 spiro atoms. The lowest BCUT2D eigenvalue weighted by Crippen LogP contribution is -2.54. The number of hydrogen-bond donors (Lipinski definition) is 2. The first-order chi connectivity index (χ1) is 14.9. The number of piperazine rings is 1. The molecule has 1 heterocycles. The van der Waals surface area contributed by atoms with Crippen molar-refractivity contribution >= 4 is 31.6 Å². The van der Waals surface area contributed by atoms with Gasteiger partial charge < -0.3 is 5.32 Å². The van der Waals surface area contributed by atoms with Gasteiger partial charge in [-0.15, -0.1) is 0 Å². The molecule has 1 aliphatic rings. The number of nitrogens with zero attached hydrogens (tertiary/aromatic N) is 2. The van der Waals surface area contributed by atoms with E-state index in [0.29, 0.717) is 29.2 Å². The van der Waals surface area contributed by atoms with Crippen molar-refractivity contribution in [2.24, 2.45) is 5.14 Å². The highest BCUT2D eigenvalue weighted by Crippen LogP contribution is 2.23. The summed E-state index contributed by atoms with van der Waals surface area (Å²) in [4.78, 5) is 14.8. The second kappa shape index (κ2) is 9.28. The molecule has 174 valence electrons. The third-order valence-electron chi connectivity index (χ3n) is 5.61. The zero-order valence-electron chi connectivity index (χ0n) is 18.3. The molecule has 1 fully saturated rings. The summed E-state index contributed by atoms with van der Waals surface area (Å²) in [6.07, 6.45) is 0. The third-order valence-corrected chi connectivity index (χ3v) is 8.58. The molecule has 1 unspecified atom stereocenters. The van der Waals surface area contributed by atoms with E-state index in [1.165, 1.54) is 28.6 Å². The second-order valence-electron chi connectivity index (χ2n) is 7.94. The maximum absolute atomic E-state index is 13.1. The van der Waals surface area contributed by atoms with Crippen LogP contribution in [0.4, 0.5) is 5.69 Å². The summed E-state index contributed by atoms with van der Waals surface area (Å²) in [6, 6.07) is 10.5. The number of benzene rings is 2. The number of anilines is 1. The molecule has 0 saturated carbocycles. The summed E-state index contributed by atoms with van der Waals surface area (Å²) in [5.41, 5.74) is 2.04. The average molecular weight is 481 g/mol. The van der Waals surface area contributed by atoms with Crippen LogP contribution in [0.25, 0.3) is 0 Å². The third kappa shape index (κ3) is 5.36. The van der Waals surface area contributed by atoms with E-state index in [1.807, 2.05) is 17.9 Å². The molecule has 0 aliphatic carbocycles. The zero-order valence-corrected chi connectivity index (χ0v) is 19.9. The Labute approximate surface area is 189 Å². The highest BCUT2D eigenvalue weighted by atomic mass is 32.2. The predicted molar refractivity (Wildman–Crippen MR) is 122 cm³/mol. The zero-order chi connectivity index (χ0) is 23.7. The van der Waals surface area contributed by atoms with Gasteiger partial charge in [0.15, 0.2) is 0 Å². The Morgan fingerprint density at radius 2 is 1.56 bits per heavy atom. The molecule has 1 amide bonds. The summed E-state index contributed by atoms with van der Waals surface area (Å²) in [6.45, 7) is 6.81. The van der Waals surface area contributed by atoms with E-state index < -0.39 is 26.1 Å². The molecule has 32 heavy (non-hydrogen) atoms. The van der Waals surface area contributed by atoms with E-state index in [0.717, 1.165) is 5.56 Å². The molecular formula is C21H28N4O5S2. The number of carbonyl (C=O) groups excluding carboxylic acids is 1. The molecule has 3 rings (SSSR count). The fraction of sp³-hybridized carbons (Fsp3) is 0.381. The topological polar surface area (TPSA) is 130 Å². The van der Waals surface area contributed by atoms with Crippen molar-refractivity contribution in [3.8, 4) is 0 Å². The Hall–Kier alpha value is -2.31. The number of primary sulfonamides is 1. The molecular weight excluding hydrogens is 452 g/mol. The molecule has 9 nitrogen and oxygen atoms in total. The molecule has 2 aromatic rings. The van der Waals surface area contributed by atoms with Crippen molar-refractivity contribution in [3.63, 3.8) is 0 Å². The van der Waals surface area contributed by atoms with Gasteiger partial charge in [0.2, 0.25) is 26.0 Å². The summed E-state index contributed by atoms with van der Waals surface area (Å²) >= 11 is 0. The minimum atomic E-state index is -3.80. The van der Waals surface area contributed by atoms with Gasteiger partial charge in [0.25, 0.3) is 0 Å². The number of sulfonamides is 2. The van der Waals surface area contributed by atoms with Gasteiger partial charge in [-0.25, -0.2) is 22.0 Å². The normalized spacial score (nSPS) is 17.1. The average Bonchev–Trinajstić information content (AvgIpc) is 2.74. The summed E-state index contributed by atoms with van der Waals surface area (Å²) < 4.78 is 50.3. The molecule has 1 atom stereocenters. The van der Waals surface area contributed by atoms with E-state index in [1.54, 1.807) is 26.0 Å². The van der Waals surface area contributed by atoms with Crippen LogP contribution in [0.1, 0.15) is 18.1 Å². The van der Waals surface area contributed by atoms with Crippen LogP contribution in [0.3, 0.4) is 0 Å². The van der Waals surface area contributed by atoms with Crippen molar-refractivity contribution in [2.75, 3.05) is 31.5 Å². The molecule has 2 aromatic carbocycles. The summed E-state index contributed by atoms with van der Waals surface area (Å²) in [5, 5.41) is 7.83. The fourth-order valence-corrected chi connectivity index (χ4v) is 5.84. The standard InChI is InChI=1S/C21H28N4O5S2/c1-15-4-5-16(2)20(14-15)32(29,30)25-12-10-24(11-13-25)17(3)21(26)23-18-6-8-19(9-7-18)31(22,27)28/h4-9,14,17H,10-13H2,1-3H3,(H,23,26)(H2,22,27,28). The van der Waals surface area contributed by atoms with Crippen LogP contribution in [0.15, 0.2) is 52.3 Å². The van der Waals surface area contributed by atoms with Crippen LogP contribution < -0.4 is 10.5 Å². The Balaban J connectivity index is 1.62. The number of aryl methyl sites for hydroxylation is 2. The first kappa shape index (κ1) is 24.3. The molecule has 1 aliphatic heterocycles. The lowest BCUT2D eigenvalue weighted by atomic mass is 10.2. The quantitative estimate of drug-likeness (QED) is 0.641. The van der Waals surface area contributed by atoms with Gasteiger partial charge in [0.05, 0.1) is 15.8 Å². The summed E-state index contributed by atoms with van der Waals surface area (Å²) in [7, 11) is -7.40.